The van der Waals surface area contributed by atoms with Gasteiger partial charge in [0.1, 0.15) is 12.2 Å². The zero-order chi connectivity index (χ0) is 21.7. The third-order valence-corrected chi connectivity index (χ3v) is 5.58. The number of rotatable bonds is 5. The summed E-state index contributed by atoms with van der Waals surface area (Å²) in [5.74, 6) is 1.10. The van der Waals surface area contributed by atoms with Gasteiger partial charge in [-0.2, -0.15) is 0 Å². The Labute approximate surface area is 176 Å². The standard InChI is InChI=1S/C22H30N4O4/c1-21(2,3)30-20(28)26-11-14-15(12-26)17(14)19(27)24-22(4,5)13-29-16-7-6-9-25-10-8-23-18(16)25/h6-10,14-15,17H,11-13H2,1-5H3,(H,24,27)/t14-,15+,17?. The molecule has 1 aliphatic heterocycles. The van der Waals surface area contributed by atoms with Crippen molar-refractivity contribution in [3.63, 3.8) is 0 Å². The quantitative estimate of drug-likeness (QED) is 0.813. The van der Waals surface area contributed by atoms with E-state index >= 15 is 0 Å². The summed E-state index contributed by atoms with van der Waals surface area (Å²) in [6, 6.07) is 3.77. The second kappa shape index (κ2) is 7.18. The van der Waals surface area contributed by atoms with Crippen LogP contribution in [-0.2, 0) is 9.53 Å². The average Bonchev–Trinajstić information content (AvgIpc) is 2.99. The largest absolute Gasteiger partial charge is 0.487 e. The van der Waals surface area contributed by atoms with Crippen LogP contribution in [0.25, 0.3) is 5.65 Å². The summed E-state index contributed by atoms with van der Waals surface area (Å²) in [5, 5.41) is 3.12. The molecule has 3 atom stereocenters. The lowest BCUT2D eigenvalue weighted by Gasteiger charge is -2.28. The Hall–Kier alpha value is -2.77. The molecule has 1 aliphatic carbocycles. The molecule has 1 saturated heterocycles. The fourth-order valence-corrected chi connectivity index (χ4v) is 4.14. The van der Waals surface area contributed by atoms with E-state index in [1.54, 1.807) is 11.1 Å². The number of fused-ring (bicyclic) bond motifs is 2. The number of hydrogen-bond donors (Lipinski definition) is 1. The van der Waals surface area contributed by atoms with Crippen molar-refractivity contribution in [3.05, 3.63) is 30.7 Å². The van der Waals surface area contributed by atoms with E-state index in [0.717, 1.165) is 5.65 Å². The van der Waals surface area contributed by atoms with Gasteiger partial charge in [-0.1, -0.05) is 0 Å². The lowest BCUT2D eigenvalue weighted by Crippen LogP contribution is -2.49. The van der Waals surface area contributed by atoms with Gasteiger partial charge in [-0.05, 0) is 58.6 Å². The van der Waals surface area contributed by atoms with Gasteiger partial charge in [0, 0.05) is 37.6 Å². The molecule has 0 radical (unpaired) electrons. The molecule has 0 aromatic carbocycles. The van der Waals surface area contributed by atoms with Gasteiger partial charge in [-0.25, -0.2) is 9.78 Å². The first-order valence-electron chi connectivity index (χ1n) is 10.4. The number of likely N-dealkylation sites (tertiary alicyclic amines) is 1. The molecule has 30 heavy (non-hydrogen) atoms. The van der Waals surface area contributed by atoms with Gasteiger partial charge in [0.2, 0.25) is 5.91 Å². The van der Waals surface area contributed by atoms with Crippen molar-refractivity contribution in [3.8, 4) is 5.75 Å². The molecule has 8 heteroatoms. The maximum absolute atomic E-state index is 12.8. The Morgan fingerprint density at radius 1 is 1.17 bits per heavy atom. The molecule has 0 spiro atoms. The molecule has 2 aromatic rings. The van der Waals surface area contributed by atoms with Crippen LogP contribution in [0.5, 0.6) is 5.75 Å². The van der Waals surface area contributed by atoms with E-state index in [9.17, 15) is 9.59 Å². The topological polar surface area (TPSA) is 85.2 Å². The van der Waals surface area contributed by atoms with Crippen LogP contribution in [0, 0.1) is 17.8 Å². The number of ether oxygens (including phenoxy) is 2. The highest BCUT2D eigenvalue weighted by atomic mass is 16.6. The van der Waals surface area contributed by atoms with Crippen LogP contribution in [0.3, 0.4) is 0 Å². The number of imidazole rings is 1. The Morgan fingerprint density at radius 3 is 2.53 bits per heavy atom. The number of pyridine rings is 1. The first-order valence-corrected chi connectivity index (χ1v) is 10.4. The van der Waals surface area contributed by atoms with Gasteiger partial charge >= 0.3 is 6.09 Å². The smallest absolute Gasteiger partial charge is 0.410 e. The molecule has 2 aromatic heterocycles. The van der Waals surface area contributed by atoms with Crippen LogP contribution in [-0.4, -0.2) is 57.1 Å². The molecule has 1 unspecified atom stereocenters. The molecule has 2 amide bonds. The van der Waals surface area contributed by atoms with E-state index in [-0.39, 0.29) is 29.8 Å². The summed E-state index contributed by atoms with van der Waals surface area (Å²) in [6.07, 6.45) is 5.20. The highest BCUT2D eigenvalue weighted by molar-refractivity contribution is 5.84. The van der Waals surface area contributed by atoms with Crippen LogP contribution in [0.1, 0.15) is 34.6 Å². The Morgan fingerprint density at radius 2 is 1.87 bits per heavy atom. The minimum Gasteiger partial charge on any atom is -0.487 e. The van der Waals surface area contributed by atoms with Crippen LogP contribution in [0.4, 0.5) is 4.79 Å². The molecule has 2 aliphatic rings. The van der Waals surface area contributed by atoms with Crippen LogP contribution in [0.2, 0.25) is 0 Å². The third kappa shape index (κ3) is 4.22. The van der Waals surface area contributed by atoms with Crippen molar-refractivity contribution < 1.29 is 19.1 Å². The van der Waals surface area contributed by atoms with Gasteiger partial charge in [-0.3, -0.25) is 4.79 Å². The third-order valence-electron chi connectivity index (χ3n) is 5.58. The van der Waals surface area contributed by atoms with E-state index in [0.29, 0.717) is 25.4 Å². The summed E-state index contributed by atoms with van der Waals surface area (Å²) in [6.45, 7) is 11.0. The van der Waals surface area contributed by atoms with E-state index in [2.05, 4.69) is 10.3 Å². The molecule has 3 heterocycles. The number of nitrogens with one attached hydrogen (secondary N) is 1. The first kappa shape index (κ1) is 20.5. The number of carbonyl (C=O) groups is 2. The molecule has 2 fully saturated rings. The predicted molar refractivity (Wildman–Crippen MR) is 111 cm³/mol. The zero-order valence-electron chi connectivity index (χ0n) is 18.2. The molecule has 1 N–H and O–H groups in total. The van der Waals surface area contributed by atoms with Gasteiger partial charge in [0.05, 0.1) is 5.54 Å². The van der Waals surface area contributed by atoms with Gasteiger partial charge in [0.15, 0.2) is 11.4 Å². The minimum absolute atomic E-state index is 0.0291. The van der Waals surface area contributed by atoms with Gasteiger partial charge < -0.3 is 24.1 Å². The zero-order valence-corrected chi connectivity index (χ0v) is 18.2. The number of amides is 2. The number of hydrogen-bond acceptors (Lipinski definition) is 5. The lowest BCUT2D eigenvalue weighted by molar-refractivity contribution is -0.125. The van der Waals surface area contributed by atoms with Crippen molar-refractivity contribution in [1.29, 1.82) is 0 Å². The fraction of sp³-hybridized carbons (Fsp3) is 0.591. The summed E-state index contributed by atoms with van der Waals surface area (Å²) < 4.78 is 13.3. The van der Waals surface area contributed by atoms with Crippen molar-refractivity contribution >= 4 is 17.6 Å². The van der Waals surface area contributed by atoms with Crippen molar-refractivity contribution in [1.82, 2.24) is 19.6 Å². The van der Waals surface area contributed by atoms with Gasteiger partial charge in [0.25, 0.3) is 0 Å². The highest BCUT2D eigenvalue weighted by Crippen LogP contribution is 2.52. The molecule has 0 bridgehead atoms. The molecular formula is C22H30N4O4. The summed E-state index contributed by atoms with van der Waals surface area (Å²) in [4.78, 5) is 31.0. The SMILES string of the molecule is CC(C)(COc1cccn2ccnc12)NC(=O)C1[C@H]2CN(C(=O)OC(C)(C)C)C[C@@H]12. The van der Waals surface area contributed by atoms with Gasteiger partial charge in [-0.15, -0.1) is 0 Å². The van der Waals surface area contributed by atoms with Crippen molar-refractivity contribution in [2.45, 2.75) is 45.8 Å². The normalized spacial score (nSPS) is 23.2. The number of piperidine rings is 1. The average molecular weight is 415 g/mol. The number of nitrogens with zero attached hydrogens (tertiary/aromatic N) is 3. The lowest BCUT2D eigenvalue weighted by atomic mass is 10.1. The second-order valence-electron chi connectivity index (χ2n) is 9.93. The highest BCUT2D eigenvalue weighted by Gasteiger charge is 2.61. The number of aromatic nitrogens is 2. The van der Waals surface area contributed by atoms with E-state index in [4.69, 9.17) is 9.47 Å². The molecule has 1 saturated carbocycles. The minimum atomic E-state index is -0.530. The maximum Gasteiger partial charge on any atom is 0.410 e. The molecular weight excluding hydrogens is 384 g/mol. The van der Waals surface area contributed by atoms with Crippen LogP contribution in [0.15, 0.2) is 30.7 Å². The number of carbonyl (C=O) groups excluding carboxylic acids is 2. The van der Waals surface area contributed by atoms with E-state index in [1.807, 2.05) is 63.5 Å². The van der Waals surface area contributed by atoms with Crippen LogP contribution >= 0.6 is 0 Å². The van der Waals surface area contributed by atoms with E-state index in [1.165, 1.54) is 0 Å². The molecule has 162 valence electrons. The molecule has 8 nitrogen and oxygen atoms in total. The Bertz CT molecular complexity index is 949. The van der Waals surface area contributed by atoms with Crippen molar-refractivity contribution in [2.75, 3.05) is 19.7 Å². The summed E-state index contributed by atoms with van der Waals surface area (Å²) in [7, 11) is 0. The maximum atomic E-state index is 12.8. The predicted octanol–water partition coefficient (Wildman–Crippen LogP) is 2.72. The fourth-order valence-electron chi connectivity index (χ4n) is 4.14. The Balaban J connectivity index is 1.28. The van der Waals surface area contributed by atoms with Crippen LogP contribution < -0.4 is 10.1 Å². The Kier molecular flexibility index (Phi) is 4.91. The summed E-state index contributed by atoms with van der Waals surface area (Å²) >= 11 is 0. The van der Waals surface area contributed by atoms with Crippen molar-refractivity contribution in [2.24, 2.45) is 17.8 Å². The molecule has 4 rings (SSSR count). The first-order chi connectivity index (χ1) is 14.0. The summed E-state index contributed by atoms with van der Waals surface area (Å²) in [5.41, 5.74) is -0.289. The van der Waals surface area contributed by atoms with E-state index < -0.39 is 11.1 Å². The second-order valence-corrected chi connectivity index (χ2v) is 9.93. The monoisotopic (exact) mass is 414 g/mol.